The number of ketones is 1. The molecule has 0 amide bonds. The molecule has 2 rings (SSSR count). The molecule has 0 saturated carbocycles. The molecule has 8 nitrogen and oxygen atoms in total. The number of ether oxygens (including phenoxy) is 1. The second-order valence-electron chi connectivity index (χ2n) is 5.22. The molecule has 2 unspecified atom stereocenters. The standard InChI is InChI=1S/C15H17N3O5/c1-2-4-11-13(19)12(15(20)23-14(11)16)17-8-9-5-3-6-10(7-9)18(21)22/h3,5-7,11,14H,2,4,8,16H2,1H3. The Labute approximate surface area is 132 Å². The zero-order valence-electron chi connectivity index (χ0n) is 12.6. The van der Waals surface area contributed by atoms with Gasteiger partial charge in [-0.3, -0.25) is 25.6 Å². The van der Waals surface area contributed by atoms with E-state index in [0.717, 1.165) is 6.42 Å². The SMILES string of the molecule is CCCC1C(=O)C(=NCc2cccc([N+](=O)[O-])c2)C(=O)OC1N. The Balaban J connectivity index is 2.20. The van der Waals surface area contributed by atoms with Crippen LogP contribution in [-0.4, -0.2) is 28.6 Å². The van der Waals surface area contributed by atoms with Crippen LogP contribution in [0.2, 0.25) is 0 Å². The van der Waals surface area contributed by atoms with Crippen molar-refractivity contribution in [2.24, 2.45) is 16.6 Å². The normalized spacial score (nSPS) is 23.0. The fourth-order valence-electron chi connectivity index (χ4n) is 2.37. The van der Waals surface area contributed by atoms with Crippen LogP contribution in [-0.2, 0) is 20.9 Å². The van der Waals surface area contributed by atoms with Crippen LogP contribution >= 0.6 is 0 Å². The topological polar surface area (TPSA) is 125 Å². The van der Waals surface area contributed by atoms with E-state index >= 15 is 0 Å². The molecule has 0 bridgehead atoms. The minimum Gasteiger partial charge on any atom is -0.441 e. The average Bonchev–Trinajstić information content (AvgIpc) is 2.51. The van der Waals surface area contributed by atoms with Crippen molar-refractivity contribution in [3.05, 3.63) is 39.9 Å². The first kappa shape index (κ1) is 16.8. The molecular weight excluding hydrogens is 302 g/mol. The summed E-state index contributed by atoms with van der Waals surface area (Å²) in [5.41, 5.74) is 5.84. The lowest BCUT2D eigenvalue weighted by atomic mass is 9.91. The summed E-state index contributed by atoms with van der Waals surface area (Å²) in [5.74, 6) is -1.87. The van der Waals surface area contributed by atoms with Gasteiger partial charge in [0.05, 0.1) is 17.4 Å². The summed E-state index contributed by atoms with van der Waals surface area (Å²) >= 11 is 0. The fourth-order valence-corrected chi connectivity index (χ4v) is 2.37. The largest absolute Gasteiger partial charge is 0.441 e. The molecule has 122 valence electrons. The van der Waals surface area contributed by atoms with Crippen LogP contribution in [0.1, 0.15) is 25.3 Å². The molecule has 1 aromatic carbocycles. The van der Waals surface area contributed by atoms with Crippen molar-refractivity contribution in [3.63, 3.8) is 0 Å². The second-order valence-corrected chi connectivity index (χ2v) is 5.22. The molecule has 1 saturated heterocycles. The molecule has 0 spiro atoms. The molecule has 8 heteroatoms. The number of benzene rings is 1. The molecule has 0 aliphatic carbocycles. The summed E-state index contributed by atoms with van der Waals surface area (Å²) < 4.78 is 4.96. The van der Waals surface area contributed by atoms with Crippen molar-refractivity contribution in [1.82, 2.24) is 0 Å². The quantitative estimate of drug-likeness (QED) is 0.496. The maximum absolute atomic E-state index is 12.3. The first-order valence-electron chi connectivity index (χ1n) is 7.22. The summed E-state index contributed by atoms with van der Waals surface area (Å²) in [4.78, 5) is 38.3. The number of nitrogens with zero attached hydrogens (tertiary/aromatic N) is 2. The third-order valence-corrected chi connectivity index (χ3v) is 3.54. The number of carbonyl (C=O) groups excluding carboxylic acids is 2. The van der Waals surface area contributed by atoms with Gasteiger partial charge in [0.2, 0.25) is 0 Å². The molecule has 1 heterocycles. The van der Waals surface area contributed by atoms with E-state index in [1.54, 1.807) is 6.07 Å². The van der Waals surface area contributed by atoms with Crippen LogP contribution in [0.15, 0.2) is 29.3 Å². The Hall–Kier alpha value is -2.61. The number of nitrogens with two attached hydrogens (primary N) is 1. The van der Waals surface area contributed by atoms with E-state index in [1.807, 2.05) is 6.92 Å². The molecular formula is C15H17N3O5. The van der Waals surface area contributed by atoms with Crippen molar-refractivity contribution < 1.29 is 19.2 Å². The zero-order valence-corrected chi connectivity index (χ0v) is 12.6. The predicted molar refractivity (Wildman–Crippen MR) is 81.7 cm³/mol. The van der Waals surface area contributed by atoms with Crippen LogP contribution in [0.3, 0.4) is 0 Å². The van der Waals surface area contributed by atoms with Gasteiger partial charge in [0, 0.05) is 12.1 Å². The van der Waals surface area contributed by atoms with Gasteiger partial charge in [-0.05, 0) is 12.0 Å². The van der Waals surface area contributed by atoms with E-state index in [-0.39, 0.29) is 17.9 Å². The number of Topliss-reactive ketones (excluding diaryl/α,β-unsaturated/α-hetero) is 1. The number of non-ortho nitro benzene ring substituents is 1. The molecule has 0 radical (unpaired) electrons. The van der Waals surface area contributed by atoms with Crippen molar-refractivity contribution in [3.8, 4) is 0 Å². The second kappa shape index (κ2) is 7.10. The number of nitro benzene ring substituents is 1. The number of rotatable bonds is 5. The minimum atomic E-state index is -0.952. The van der Waals surface area contributed by atoms with E-state index in [2.05, 4.69) is 4.99 Å². The highest BCUT2D eigenvalue weighted by atomic mass is 16.6. The van der Waals surface area contributed by atoms with Gasteiger partial charge in [0.1, 0.15) is 0 Å². The Morgan fingerprint density at radius 3 is 2.78 bits per heavy atom. The molecule has 23 heavy (non-hydrogen) atoms. The van der Waals surface area contributed by atoms with Crippen LogP contribution in [0.25, 0.3) is 0 Å². The van der Waals surface area contributed by atoms with Gasteiger partial charge in [0.15, 0.2) is 17.7 Å². The van der Waals surface area contributed by atoms with Gasteiger partial charge < -0.3 is 4.74 Å². The van der Waals surface area contributed by atoms with Crippen molar-refractivity contribution >= 4 is 23.2 Å². The first-order chi connectivity index (χ1) is 10.9. The zero-order chi connectivity index (χ0) is 17.0. The van der Waals surface area contributed by atoms with E-state index in [0.29, 0.717) is 12.0 Å². The average molecular weight is 319 g/mol. The van der Waals surface area contributed by atoms with E-state index in [9.17, 15) is 19.7 Å². The molecule has 2 N–H and O–H groups in total. The molecule has 1 aromatic rings. The molecule has 1 aliphatic heterocycles. The number of aliphatic imine (C=N–C) groups is 1. The number of carbonyl (C=O) groups is 2. The molecule has 1 aliphatic rings. The smallest absolute Gasteiger partial charge is 0.361 e. The van der Waals surface area contributed by atoms with Gasteiger partial charge in [-0.2, -0.15) is 0 Å². The Kier molecular flexibility index (Phi) is 5.17. The summed E-state index contributed by atoms with van der Waals surface area (Å²) in [6.07, 6.45) is 0.273. The van der Waals surface area contributed by atoms with Crippen molar-refractivity contribution in [2.75, 3.05) is 0 Å². The lowest BCUT2D eigenvalue weighted by molar-refractivity contribution is -0.384. The Bertz CT molecular complexity index is 671. The first-order valence-corrected chi connectivity index (χ1v) is 7.22. The molecule has 0 aromatic heterocycles. The lowest BCUT2D eigenvalue weighted by Gasteiger charge is -2.27. The number of nitro groups is 1. The highest BCUT2D eigenvalue weighted by molar-refractivity contribution is 6.65. The van der Waals surface area contributed by atoms with Gasteiger partial charge in [-0.1, -0.05) is 25.5 Å². The van der Waals surface area contributed by atoms with Gasteiger partial charge >= 0.3 is 5.97 Å². The maximum atomic E-state index is 12.3. The van der Waals surface area contributed by atoms with Crippen LogP contribution in [0.4, 0.5) is 5.69 Å². The van der Waals surface area contributed by atoms with Gasteiger partial charge in [0.25, 0.3) is 5.69 Å². The van der Waals surface area contributed by atoms with Gasteiger partial charge in [-0.15, -0.1) is 0 Å². The Morgan fingerprint density at radius 1 is 1.39 bits per heavy atom. The maximum Gasteiger partial charge on any atom is 0.361 e. The number of esters is 1. The fraction of sp³-hybridized carbons (Fsp3) is 0.400. The van der Waals surface area contributed by atoms with Crippen molar-refractivity contribution in [1.29, 1.82) is 0 Å². The van der Waals surface area contributed by atoms with E-state index < -0.39 is 28.8 Å². The third-order valence-electron chi connectivity index (χ3n) is 3.54. The lowest BCUT2D eigenvalue weighted by Crippen LogP contribution is -2.50. The minimum absolute atomic E-state index is 0.0219. The van der Waals surface area contributed by atoms with E-state index in [1.165, 1.54) is 18.2 Å². The molecule has 1 fully saturated rings. The number of hydrogen-bond donors (Lipinski definition) is 1. The van der Waals surface area contributed by atoms with Crippen LogP contribution in [0, 0.1) is 16.0 Å². The van der Waals surface area contributed by atoms with Gasteiger partial charge in [-0.25, -0.2) is 4.79 Å². The summed E-state index contributed by atoms with van der Waals surface area (Å²) in [5, 5.41) is 10.7. The molecule has 2 atom stereocenters. The number of cyclic esters (lactones) is 1. The summed E-state index contributed by atoms with van der Waals surface area (Å²) in [6, 6.07) is 5.85. The van der Waals surface area contributed by atoms with Crippen LogP contribution < -0.4 is 5.73 Å². The third kappa shape index (κ3) is 3.78. The van der Waals surface area contributed by atoms with Crippen LogP contribution in [0.5, 0.6) is 0 Å². The monoisotopic (exact) mass is 319 g/mol. The highest BCUT2D eigenvalue weighted by Crippen LogP contribution is 2.20. The Morgan fingerprint density at radius 2 is 2.13 bits per heavy atom. The predicted octanol–water partition coefficient (Wildman–Crippen LogP) is 1.36. The summed E-state index contributed by atoms with van der Waals surface area (Å²) in [6.45, 7) is 1.88. The highest BCUT2D eigenvalue weighted by Gasteiger charge is 2.40. The van der Waals surface area contributed by atoms with Crippen molar-refractivity contribution in [2.45, 2.75) is 32.5 Å². The van der Waals surface area contributed by atoms with E-state index in [4.69, 9.17) is 10.5 Å². The summed E-state index contributed by atoms with van der Waals surface area (Å²) in [7, 11) is 0. The number of hydrogen-bond acceptors (Lipinski definition) is 7.